The van der Waals surface area contributed by atoms with Gasteiger partial charge in [-0.05, 0) is 40.7 Å². The highest BCUT2D eigenvalue weighted by Gasteiger charge is 2.34. The molecule has 2 saturated heterocycles. The van der Waals surface area contributed by atoms with E-state index in [2.05, 4.69) is 85.9 Å². The summed E-state index contributed by atoms with van der Waals surface area (Å²) < 4.78 is 1.79. The minimum Gasteiger partial charge on any atom is -0.352 e. The molecule has 3 aromatic rings. The van der Waals surface area contributed by atoms with Gasteiger partial charge in [0.05, 0.1) is 5.39 Å². The van der Waals surface area contributed by atoms with Crippen LogP contribution in [-0.4, -0.2) is 100 Å². The van der Waals surface area contributed by atoms with E-state index < -0.39 is 0 Å². The zero-order chi connectivity index (χ0) is 22.9. The fourth-order valence-electron chi connectivity index (χ4n) is 4.59. The highest BCUT2D eigenvalue weighted by atomic mass is 79.9. The van der Waals surface area contributed by atoms with Gasteiger partial charge in [-0.3, -0.25) is 14.8 Å². The number of anilines is 1. The number of aromatic nitrogens is 4. The second-order valence-electron chi connectivity index (χ2n) is 8.54. The van der Waals surface area contributed by atoms with Crippen LogP contribution < -0.4 is 4.90 Å². The van der Waals surface area contributed by atoms with Crippen molar-refractivity contribution in [1.29, 1.82) is 0 Å². The molecule has 1 aromatic carbocycles. The summed E-state index contributed by atoms with van der Waals surface area (Å²) in [7, 11) is 2.13. The van der Waals surface area contributed by atoms with E-state index in [9.17, 15) is 4.79 Å². The predicted octanol–water partition coefficient (Wildman–Crippen LogP) is 2.52. The number of benzene rings is 1. The molecule has 1 N–H and O–H groups in total. The number of hydrogen-bond donors (Lipinski definition) is 1. The molecular weight excluding hydrogens is 552 g/mol. The Kier molecular flexibility index (Phi) is 6.64. The number of likely N-dealkylation sites (N-methyl/N-ethyl adjacent to an activating group) is 1. The molecule has 0 spiro atoms. The number of nitrogens with one attached hydrogen (secondary N) is 1. The third kappa shape index (κ3) is 4.64. The number of aromatic amines is 1. The average Bonchev–Trinajstić information content (AvgIpc) is 3.23. The molecule has 174 valence electrons. The summed E-state index contributed by atoms with van der Waals surface area (Å²) in [5, 5.41) is 8.01. The van der Waals surface area contributed by atoms with Crippen molar-refractivity contribution in [2.45, 2.75) is 6.04 Å². The number of hydrogen-bond acceptors (Lipinski definition) is 7. The Morgan fingerprint density at radius 1 is 0.970 bits per heavy atom. The van der Waals surface area contributed by atoms with Gasteiger partial charge in [0.25, 0.3) is 0 Å². The number of fused-ring (bicyclic) bond motifs is 1. The van der Waals surface area contributed by atoms with Crippen molar-refractivity contribution in [3.8, 4) is 0 Å². The Bertz CT molecular complexity index is 1120. The van der Waals surface area contributed by atoms with Gasteiger partial charge in [-0.1, -0.05) is 28.1 Å². The predicted molar refractivity (Wildman–Crippen MR) is 134 cm³/mol. The van der Waals surface area contributed by atoms with Gasteiger partial charge in [0.1, 0.15) is 22.8 Å². The molecule has 0 bridgehead atoms. The maximum atomic E-state index is 13.8. The lowest BCUT2D eigenvalue weighted by Gasteiger charge is -2.42. The zero-order valence-corrected chi connectivity index (χ0v) is 21.6. The summed E-state index contributed by atoms with van der Waals surface area (Å²) in [6.07, 6.45) is 1.54. The quantitative estimate of drug-likeness (QED) is 0.510. The van der Waals surface area contributed by atoms with Crippen molar-refractivity contribution in [3.05, 3.63) is 45.2 Å². The van der Waals surface area contributed by atoms with E-state index in [0.29, 0.717) is 31.8 Å². The molecule has 0 aliphatic carbocycles. The maximum absolute atomic E-state index is 13.8. The summed E-state index contributed by atoms with van der Waals surface area (Å²) >= 11 is 7.03. The molecular formula is C22H26Br2N8O. The van der Waals surface area contributed by atoms with Crippen LogP contribution >= 0.6 is 31.9 Å². The number of nitrogens with zero attached hydrogens (tertiary/aromatic N) is 7. The molecule has 4 heterocycles. The third-order valence-corrected chi connectivity index (χ3v) is 7.60. The molecule has 1 atom stereocenters. The number of piperazine rings is 2. The van der Waals surface area contributed by atoms with Gasteiger partial charge < -0.3 is 14.7 Å². The first-order valence-electron chi connectivity index (χ1n) is 11.1. The highest BCUT2D eigenvalue weighted by Crippen LogP contribution is 2.30. The second-order valence-corrected chi connectivity index (χ2v) is 10.2. The van der Waals surface area contributed by atoms with Crippen molar-refractivity contribution >= 4 is 54.6 Å². The van der Waals surface area contributed by atoms with Gasteiger partial charge in [0, 0.05) is 56.8 Å². The molecule has 9 nitrogen and oxygen atoms in total. The molecule has 2 aliphatic rings. The first-order chi connectivity index (χ1) is 16.0. The minimum atomic E-state index is -0.257. The number of H-pyrrole nitrogens is 1. The largest absolute Gasteiger partial charge is 0.352 e. The van der Waals surface area contributed by atoms with Crippen LogP contribution in [0.25, 0.3) is 11.0 Å². The van der Waals surface area contributed by atoms with Gasteiger partial charge >= 0.3 is 0 Å². The van der Waals surface area contributed by atoms with Crippen LogP contribution in [0.1, 0.15) is 11.6 Å². The summed E-state index contributed by atoms with van der Waals surface area (Å²) in [4.78, 5) is 31.4. The topological polar surface area (TPSA) is 84.5 Å². The normalized spacial score (nSPS) is 19.2. The standard InChI is InChI=1S/C22H26Br2N8O/c1-29-6-8-30(9-7-29)18(15-2-4-16(23)5-3-15)22(33)32-12-10-31(11-13-32)21-17-19(24)27-28-20(17)25-14-26-21/h2-5,14,18H,6-13H2,1H3,(H,25,26,27,28). The van der Waals surface area contributed by atoms with Crippen LogP contribution in [0.3, 0.4) is 0 Å². The number of amides is 1. The molecule has 0 saturated carbocycles. The van der Waals surface area contributed by atoms with E-state index in [1.54, 1.807) is 6.33 Å². The van der Waals surface area contributed by atoms with Crippen molar-refractivity contribution in [1.82, 2.24) is 34.9 Å². The Balaban J connectivity index is 1.34. The molecule has 1 unspecified atom stereocenters. The van der Waals surface area contributed by atoms with Crippen LogP contribution in [0.2, 0.25) is 0 Å². The number of carbonyl (C=O) groups is 1. The molecule has 2 fully saturated rings. The van der Waals surface area contributed by atoms with E-state index in [0.717, 1.165) is 52.0 Å². The molecule has 11 heteroatoms. The molecule has 1 amide bonds. The Morgan fingerprint density at radius 3 is 2.36 bits per heavy atom. The molecule has 33 heavy (non-hydrogen) atoms. The van der Waals surface area contributed by atoms with E-state index in [1.165, 1.54) is 0 Å². The first-order valence-corrected chi connectivity index (χ1v) is 12.7. The van der Waals surface area contributed by atoms with Gasteiger partial charge in [0.2, 0.25) is 5.91 Å². The van der Waals surface area contributed by atoms with E-state index in [4.69, 9.17) is 0 Å². The number of rotatable bonds is 4. The van der Waals surface area contributed by atoms with Gasteiger partial charge in [0.15, 0.2) is 5.65 Å². The Labute approximate surface area is 209 Å². The van der Waals surface area contributed by atoms with E-state index in [1.807, 2.05) is 17.0 Å². The second kappa shape index (κ2) is 9.65. The Morgan fingerprint density at radius 2 is 1.67 bits per heavy atom. The van der Waals surface area contributed by atoms with Gasteiger partial charge in [-0.2, -0.15) is 5.10 Å². The van der Waals surface area contributed by atoms with Gasteiger partial charge in [-0.15, -0.1) is 0 Å². The lowest BCUT2D eigenvalue weighted by Crippen LogP contribution is -2.54. The average molecular weight is 578 g/mol. The van der Waals surface area contributed by atoms with Crippen LogP contribution in [0.4, 0.5) is 5.82 Å². The monoisotopic (exact) mass is 576 g/mol. The summed E-state index contributed by atoms with van der Waals surface area (Å²) in [5.41, 5.74) is 1.69. The molecule has 2 aromatic heterocycles. The maximum Gasteiger partial charge on any atom is 0.244 e. The first kappa shape index (κ1) is 22.7. The van der Waals surface area contributed by atoms with Crippen LogP contribution in [-0.2, 0) is 4.79 Å². The third-order valence-electron chi connectivity index (χ3n) is 6.50. The van der Waals surface area contributed by atoms with Crippen molar-refractivity contribution in [3.63, 3.8) is 0 Å². The molecule has 2 aliphatic heterocycles. The zero-order valence-electron chi connectivity index (χ0n) is 18.4. The van der Waals surface area contributed by atoms with Crippen molar-refractivity contribution in [2.75, 3.05) is 64.3 Å². The van der Waals surface area contributed by atoms with Gasteiger partial charge in [-0.25, -0.2) is 9.97 Å². The van der Waals surface area contributed by atoms with Crippen LogP contribution in [0.5, 0.6) is 0 Å². The Hall–Kier alpha value is -2.08. The summed E-state index contributed by atoms with van der Waals surface area (Å²) in [6, 6.07) is 7.91. The SMILES string of the molecule is CN1CCN(C(C(=O)N2CCN(c3ncnc4n[nH]c(Br)c34)CC2)c2ccc(Br)cc2)CC1. The van der Waals surface area contributed by atoms with Crippen molar-refractivity contribution in [2.24, 2.45) is 0 Å². The molecule has 5 rings (SSSR count). The van der Waals surface area contributed by atoms with E-state index in [-0.39, 0.29) is 11.9 Å². The fraction of sp³-hybridized carbons (Fsp3) is 0.455. The molecule has 0 radical (unpaired) electrons. The summed E-state index contributed by atoms with van der Waals surface area (Å²) in [5.74, 6) is 1.02. The lowest BCUT2D eigenvalue weighted by atomic mass is 10.0. The van der Waals surface area contributed by atoms with Crippen LogP contribution in [0.15, 0.2) is 39.7 Å². The van der Waals surface area contributed by atoms with Crippen LogP contribution in [0, 0.1) is 0 Å². The summed E-state index contributed by atoms with van der Waals surface area (Å²) in [6.45, 7) is 6.44. The smallest absolute Gasteiger partial charge is 0.244 e. The number of halogens is 2. The van der Waals surface area contributed by atoms with Crippen molar-refractivity contribution < 1.29 is 4.79 Å². The fourth-order valence-corrected chi connectivity index (χ4v) is 5.30. The highest BCUT2D eigenvalue weighted by molar-refractivity contribution is 9.10. The minimum absolute atomic E-state index is 0.179. The number of carbonyl (C=O) groups excluding carboxylic acids is 1. The van der Waals surface area contributed by atoms with E-state index >= 15 is 0 Å². The lowest BCUT2D eigenvalue weighted by molar-refractivity contribution is -0.138.